The first-order chi connectivity index (χ1) is 8.15. The maximum atomic E-state index is 12.2. The summed E-state index contributed by atoms with van der Waals surface area (Å²) >= 11 is 1.40. The molecule has 0 radical (unpaired) electrons. The summed E-state index contributed by atoms with van der Waals surface area (Å²) in [5.74, 6) is 1.02. The van der Waals surface area contributed by atoms with Crippen LogP contribution in [0.3, 0.4) is 0 Å². The molecule has 4 atom stereocenters. The number of carbonyl (C=O) groups is 1. The topological polar surface area (TPSA) is 80.9 Å². The molecule has 1 aromatic heterocycles. The maximum Gasteiger partial charge on any atom is 0.231 e. The number of amides is 1. The second-order valence-corrected chi connectivity index (χ2v) is 6.23. The third kappa shape index (κ3) is 1.85. The third-order valence-electron chi connectivity index (χ3n) is 4.04. The Morgan fingerprint density at radius 2 is 2.18 bits per heavy atom. The Morgan fingerprint density at radius 3 is 2.76 bits per heavy atom. The van der Waals surface area contributed by atoms with Crippen molar-refractivity contribution >= 4 is 22.4 Å². The van der Waals surface area contributed by atoms with Gasteiger partial charge in [0.1, 0.15) is 5.01 Å². The Kier molecular flexibility index (Phi) is 2.63. The molecule has 0 aliphatic heterocycles. The fraction of sp³-hybridized carbons (Fsp3) is 0.727. The first-order valence-electron chi connectivity index (χ1n) is 6.01. The number of nitrogens with one attached hydrogen (secondary N) is 1. The van der Waals surface area contributed by atoms with Crippen LogP contribution in [-0.4, -0.2) is 22.1 Å². The van der Waals surface area contributed by atoms with E-state index in [1.54, 1.807) is 0 Å². The predicted octanol–water partition coefficient (Wildman–Crippen LogP) is 1.16. The zero-order valence-corrected chi connectivity index (χ0v) is 10.5. The Balaban J connectivity index is 1.70. The van der Waals surface area contributed by atoms with E-state index in [9.17, 15) is 4.79 Å². The van der Waals surface area contributed by atoms with Crippen LogP contribution in [0.1, 0.15) is 24.3 Å². The maximum absolute atomic E-state index is 12.2. The minimum absolute atomic E-state index is 0.0286. The highest BCUT2D eigenvalue weighted by atomic mass is 32.1. The molecule has 2 aliphatic rings. The van der Waals surface area contributed by atoms with Crippen molar-refractivity contribution in [3.8, 4) is 0 Å². The Bertz CT molecular complexity index is 444. The number of aromatic nitrogens is 2. The molecular weight excluding hydrogens is 236 g/mol. The molecule has 0 aromatic carbocycles. The Hall–Kier alpha value is -1.01. The molecule has 2 aliphatic carbocycles. The molecule has 1 amide bonds. The van der Waals surface area contributed by atoms with Gasteiger partial charge in [-0.25, -0.2) is 0 Å². The van der Waals surface area contributed by atoms with Gasteiger partial charge >= 0.3 is 0 Å². The molecule has 3 rings (SSSR count). The van der Waals surface area contributed by atoms with Gasteiger partial charge in [0.2, 0.25) is 11.0 Å². The fourth-order valence-corrected chi connectivity index (χ4v) is 3.86. The van der Waals surface area contributed by atoms with Crippen LogP contribution in [-0.2, 0) is 4.79 Å². The second-order valence-electron chi connectivity index (χ2n) is 5.05. The standard InChI is InChI=1S/C11H16N4OS/c1-5-14-15-11(17-5)13-10(16)8-6-2-3-7(4-6)9(8)12/h6-9H,2-4,12H2,1H3,(H,13,15,16). The number of rotatable bonds is 2. The molecule has 1 heterocycles. The van der Waals surface area contributed by atoms with Crippen LogP contribution >= 0.6 is 11.3 Å². The van der Waals surface area contributed by atoms with E-state index in [4.69, 9.17) is 5.73 Å². The van der Waals surface area contributed by atoms with Crippen molar-refractivity contribution in [1.29, 1.82) is 0 Å². The second kappa shape index (κ2) is 4.03. The van der Waals surface area contributed by atoms with Crippen LogP contribution < -0.4 is 11.1 Å². The van der Waals surface area contributed by atoms with Gasteiger partial charge in [0.25, 0.3) is 0 Å². The van der Waals surface area contributed by atoms with E-state index in [0.29, 0.717) is 17.0 Å². The summed E-state index contributed by atoms with van der Waals surface area (Å²) in [4.78, 5) is 12.2. The molecule has 0 spiro atoms. The lowest BCUT2D eigenvalue weighted by atomic mass is 9.84. The van der Waals surface area contributed by atoms with Gasteiger partial charge in [0.05, 0.1) is 5.92 Å². The van der Waals surface area contributed by atoms with Gasteiger partial charge in [-0.1, -0.05) is 11.3 Å². The van der Waals surface area contributed by atoms with Gasteiger partial charge in [-0.15, -0.1) is 10.2 Å². The van der Waals surface area contributed by atoms with Crippen LogP contribution in [0.25, 0.3) is 0 Å². The molecule has 2 fully saturated rings. The van der Waals surface area contributed by atoms with Crippen LogP contribution in [0, 0.1) is 24.7 Å². The van der Waals surface area contributed by atoms with Gasteiger partial charge in [-0.3, -0.25) is 4.79 Å². The number of carbonyl (C=O) groups excluding carboxylic acids is 1. The molecule has 0 saturated heterocycles. The van der Waals surface area contributed by atoms with E-state index in [1.807, 2.05) is 6.92 Å². The molecule has 6 heteroatoms. The summed E-state index contributed by atoms with van der Waals surface area (Å²) < 4.78 is 0. The molecule has 17 heavy (non-hydrogen) atoms. The largest absolute Gasteiger partial charge is 0.327 e. The van der Waals surface area contributed by atoms with E-state index in [-0.39, 0.29) is 17.9 Å². The summed E-state index contributed by atoms with van der Waals surface area (Å²) in [6.07, 6.45) is 3.45. The summed E-state index contributed by atoms with van der Waals surface area (Å²) in [5.41, 5.74) is 6.13. The number of nitrogens with zero attached hydrogens (tertiary/aromatic N) is 2. The normalized spacial score (nSPS) is 35.2. The minimum atomic E-state index is -0.0297. The number of aryl methyl sites for hydroxylation is 1. The average Bonchev–Trinajstić information content (AvgIpc) is 2.94. The van der Waals surface area contributed by atoms with Crippen molar-refractivity contribution in [1.82, 2.24) is 10.2 Å². The highest BCUT2D eigenvalue weighted by Gasteiger charge is 2.49. The Morgan fingerprint density at radius 1 is 1.41 bits per heavy atom. The van der Waals surface area contributed by atoms with Gasteiger partial charge in [-0.05, 0) is 38.0 Å². The Labute approximate surface area is 104 Å². The molecule has 5 nitrogen and oxygen atoms in total. The zero-order chi connectivity index (χ0) is 12.0. The highest BCUT2D eigenvalue weighted by Crippen LogP contribution is 2.47. The average molecular weight is 252 g/mol. The number of fused-ring (bicyclic) bond motifs is 2. The lowest BCUT2D eigenvalue weighted by molar-refractivity contribution is -0.121. The quantitative estimate of drug-likeness (QED) is 0.827. The third-order valence-corrected chi connectivity index (χ3v) is 4.79. The van der Waals surface area contributed by atoms with Gasteiger partial charge < -0.3 is 11.1 Å². The molecule has 4 unspecified atom stereocenters. The number of anilines is 1. The molecule has 2 saturated carbocycles. The number of hydrogen-bond acceptors (Lipinski definition) is 5. The van der Waals surface area contributed by atoms with Crippen LogP contribution in [0.2, 0.25) is 0 Å². The van der Waals surface area contributed by atoms with Gasteiger partial charge in [-0.2, -0.15) is 0 Å². The summed E-state index contributed by atoms with van der Waals surface area (Å²) in [7, 11) is 0. The zero-order valence-electron chi connectivity index (χ0n) is 9.72. The smallest absolute Gasteiger partial charge is 0.231 e. The highest BCUT2D eigenvalue weighted by molar-refractivity contribution is 7.15. The van der Waals surface area contributed by atoms with Crippen LogP contribution in [0.5, 0.6) is 0 Å². The molecule has 2 bridgehead atoms. The van der Waals surface area contributed by atoms with E-state index in [0.717, 1.165) is 17.8 Å². The number of nitrogens with two attached hydrogens (primary N) is 1. The van der Waals surface area contributed by atoms with Crippen molar-refractivity contribution in [2.45, 2.75) is 32.2 Å². The van der Waals surface area contributed by atoms with Crippen LogP contribution in [0.15, 0.2) is 0 Å². The number of hydrogen-bond donors (Lipinski definition) is 2. The van der Waals surface area contributed by atoms with Crippen molar-refractivity contribution < 1.29 is 4.79 Å². The van der Waals surface area contributed by atoms with Crippen molar-refractivity contribution in [2.24, 2.45) is 23.5 Å². The summed E-state index contributed by atoms with van der Waals surface area (Å²) in [5, 5.41) is 12.1. The van der Waals surface area contributed by atoms with E-state index < -0.39 is 0 Å². The first kappa shape index (κ1) is 11.1. The summed E-state index contributed by atoms with van der Waals surface area (Å²) in [6, 6.07) is 0.0303. The lowest BCUT2D eigenvalue weighted by Crippen LogP contribution is -2.42. The van der Waals surface area contributed by atoms with Crippen molar-refractivity contribution in [3.05, 3.63) is 5.01 Å². The van der Waals surface area contributed by atoms with Gasteiger partial charge in [0, 0.05) is 6.04 Å². The minimum Gasteiger partial charge on any atom is -0.327 e. The first-order valence-corrected chi connectivity index (χ1v) is 6.83. The molecule has 1 aromatic rings. The van der Waals surface area contributed by atoms with Crippen LogP contribution in [0.4, 0.5) is 5.13 Å². The predicted molar refractivity (Wildman–Crippen MR) is 65.6 cm³/mol. The SMILES string of the molecule is Cc1nnc(NC(=O)C2C3CCC(C3)C2N)s1. The molecule has 3 N–H and O–H groups in total. The fourth-order valence-electron chi connectivity index (χ4n) is 3.26. The molecular formula is C11H16N4OS. The van der Waals surface area contributed by atoms with Gasteiger partial charge in [0.15, 0.2) is 0 Å². The monoisotopic (exact) mass is 252 g/mol. The van der Waals surface area contributed by atoms with Crippen molar-refractivity contribution in [2.75, 3.05) is 5.32 Å². The summed E-state index contributed by atoms with van der Waals surface area (Å²) in [6.45, 7) is 1.87. The van der Waals surface area contributed by atoms with E-state index in [1.165, 1.54) is 17.8 Å². The van der Waals surface area contributed by atoms with E-state index >= 15 is 0 Å². The van der Waals surface area contributed by atoms with Crippen molar-refractivity contribution in [3.63, 3.8) is 0 Å². The van der Waals surface area contributed by atoms with E-state index in [2.05, 4.69) is 15.5 Å². The molecule has 92 valence electrons. The lowest BCUT2D eigenvalue weighted by Gasteiger charge is -2.26.